The number of sulfone groups is 1. The van der Waals surface area contributed by atoms with Gasteiger partial charge in [0.2, 0.25) is 10.0 Å². The summed E-state index contributed by atoms with van der Waals surface area (Å²) in [6, 6.07) is 1.05. The van der Waals surface area contributed by atoms with E-state index in [1.165, 1.54) is 6.07 Å². The molecule has 2 atom stereocenters. The molecule has 6 nitrogen and oxygen atoms in total. The van der Waals surface area contributed by atoms with Crippen LogP contribution in [0, 0.1) is 5.92 Å². The molecule has 120 valence electrons. The lowest BCUT2D eigenvalue weighted by Gasteiger charge is -2.28. The molecule has 9 heteroatoms. The average Bonchev–Trinajstić information content (AvgIpc) is 2.78. The molecule has 1 aliphatic rings. The molecule has 0 spiro atoms. The first-order valence-electron chi connectivity index (χ1n) is 6.67. The highest BCUT2D eigenvalue weighted by atomic mass is 32.2. The summed E-state index contributed by atoms with van der Waals surface area (Å²) in [5, 5.41) is 7.90. The number of hydrogen-bond donors (Lipinski definition) is 2. The van der Waals surface area contributed by atoms with Gasteiger partial charge in [-0.1, -0.05) is 13.8 Å². The third-order valence-corrected chi connectivity index (χ3v) is 8.48. The number of hydrogen-bond acceptors (Lipinski definition) is 6. The standard InChI is InChI=1S/C12H20N2O4S3/c1-7(2)6-14-9-4-8(3)20(15,16)10-5-11(19-12(9)10)21(13,17)18/h5,7-9,14H,4,6H2,1-3H3,(H2,13,17,18). The average molecular weight is 353 g/mol. The zero-order valence-corrected chi connectivity index (χ0v) is 14.6. The van der Waals surface area contributed by atoms with E-state index in [1.54, 1.807) is 6.92 Å². The molecule has 1 aromatic rings. The molecule has 0 saturated carbocycles. The van der Waals surface area contributed by atoms with Crippen molar-refractivity contribution in [3.8, 4) is 0 Å². The minimum Gasteiger partial charge on any atom is -0.309 e. The van der Waals surface area contributed by atoms with E-state index < -0.39 is 25.1 Å². The van der Waals surface area contributed by atoms with Crippen molar-refractivity contribution < 1.29 is 16.8 Å². The van der Waals surface area contributed by atoms with E-state index >= 15 is 0 Å². The van der Waals surface area contributed by atoms with Gasteiger partial charge in [0.05, 0.1) is 10.1 Å². The molecule has 2 rings (SSSR count). The van der Waals surface area contributed by atoms with Crippen LogP contribution in [0.1, 0.15) is 38.1 Å². The Bertz CT molecular complexity index is 735. The molecule has 1 aromatic heterocycles. The van der Waals surface area contributed by atoms with Crippen LogP contribution in [-0.2, 0) is 19.9 Å². The fraction of sp³-hybridized carbons (Fsp3) is 0.667. The maximum absolute atomic E-state index is 12.4. The lowest BCUT2D eigenvalue weighted by Crippen LogP contribution is -2.34. The first-order valence-corrected chi connectivity index (χ1v) is 10.6. The molecule has 0 aliphatic carbocycles. The number of rotatable bonds is 4. The Hall–Kier alpha value is -0.480. The summed E-state index contributed by atoms with van der Waals surface area (Å²) in [6.07, 6.45) is 0.437. The fourth-order valence-electron chi connectivity index (χ4n) is 2.31. The van der Waals surface area contributed by atoms with E-state index in [-0.39, 0.29) is 15.1 Å². The van der Waals surface area contributed by atoms with Gasteiger partial charge < -0.3 is 5.32 Å². The number of fused-ring (bicyclic) bond motifs is 1. The summed E-state index contributed by atoms with van der Waals surface area (Å²) < 4.78 is 47.6. The van der Waals surface area contributed by atoms with Gasteiger partial charge in [-0.05, 0) is 31.9 Å². The Morgan fingerprint density at radius 3 is 2.62 bits per heavy atom. The van der Waals surface area contributed by atoms with E-state index in [9.17, 15) is 16.8 Å². The third-order valence-electron chi connectivity index (χ3n) is 3.48. The van der Waals surface area contributed by atoms with Crippen LogP contribution >= 0.6 is 11.3 Å². The highest BCUT2D eigenvalue weighted by molar-refractivity contribution is 7.93. The summed E-state index contributed by atoms with van der Waals surface area (Å²) in [5.74, 6) is 0.417. The Morgan fingerprint density at radius 2 is 2.10 bits per heavy atom. The molecule has 0 radical (unpaired) electrons. The molecule has 2 heterocycles. The van der Waals surface area contributed by atoms with Crippen LogP contribution in [0.5, 0.6) is 0 Å². The summed E-state index contributed by atoms with van der Waals surface area (Å²) in [5.41, 5.74) is 0. The topological polar surface area (TPSA) is 106 Å². The maximum Gasteiger partial charge on any atom is 0.247 e. The normalized spacial score (nSPS) is 25.0. The smallest absolute Gasteiger partial charge is 0.247 e. The van der Waals surface area contributed by atoms with E-state index in [0.29, 0.717) is 17.2 Å². The van der Waals surface area contributed by atoms with Crippen LogP contribution in [0.15, 0.2) is 15.2 Å². The van der Waals surface area contributed by atoms with Crippen LogP contribution in [-0.4, -0.2) is 28.6 Å². The largest absolute Gasteiger partial charge is 0.309 e. The number of thiophene rings is 1. The van der Waals surface area contributed by atoms with Crippen molar-refractivity contribution in [1.29, 1.82) is 0 Å². The quantitative estimate of drug-likeness (QED) is 0.848. The third kappa shape index (κ3) is 3.31. The molecule has 21 heavy (non-hydrogen) atoms. The Kier molecular flexibility index (Phi) is 4.52. The van der Waals surface area contributed by atoms with Crippen molar-refractivity contribution in [2.75, 3.05) is 6.54 Å². The predicted octanol–water partition coefficient (Wildman–Crippen LogP) is 1.25. The van der Waals surface area contributed by atoms with Gasteiger partial charge in [-0.25, -0.2) is 22.0 Å². The van der Waals surface area contributed by atoms with Gasteiger partial charge >= 0.3 is 0 Å². The van der Waals surface area contributed by atoms with Crippen LogP contribution in [0.25, 0.3) is 0 Å². The molecule has 2 unspecified atom stereocenters. The lowest BCUT2D eigenvalue weighted by atomic mass is 10.1. The molecule has 0 amide bonds. The number of nitrogens with one attached hydrogen (secondary N) is 1. The van der Waals surface area contributed by atoms with Gasteiger partial charge in [-0.2, -0.15) is 0 Å². The lowest BCUT2D eigenvalue weighted by molar-refractivity contribution is 0.437. The highest BCUT2D eigenvalue weighted by Crippen LogP contribution is 2.42. The second kappa shape index (κ2) is 5.62. The van der Waals surface area contributed by atoms with Crippen molar-refractivity contribution in [2.24, 2.45) is 11.1 Å². The summed E-state index contributed by atoms with van der Waals surface area (Å²) in [6.45, 7) is 6.50. The van der Waals surface area contributed by atoms with Crippen LogP contribution in [0.3, 0.4) is 0 Å². The number of sulfonamides is 1. The summed E-state index contributed by atoms with van der Waals surface area (Å²) >= 11 is 0.952. The van der Waals surface area contributed by atoms with Crippen molar-refractivity contribution in [3.05, 3.63) is 10.9 Å². The Labute approximate surface area is 129 Å². The predicted molar refractivity (Wildman–Crippen MR) is 82.5 cm³/mol. The van der Waals surface area contributed by atoms with Crippen LogP contribution < -0.4 is 10.5 Å². The van der Waals surface area contributed by atoms with Gasteiger partial charge in [-0.15, -0.1) is 11.3 Å². The molecule has 1 aliphatic heterocycles. The monoisotopic (exact) mass is 352 g/mol. The first kappa shape index (κ1) is 16.9. The fourth-order valence-corrected chi connectivity index (χ4v) is 6.41. The SMILES string of the molecule is CC(C)CNC1CC(C)S(=O)(=O)c2cc(S(N)(=O)=O)sc21. The van der Waals surface area contributed by atoms with Crippen molar-refractivity contribution in [2.45, 2.75) is 47.6 Å². The summed E-state index contributed by atoms with van der Waals surface area (Å²) in [7, 11) is -7.37. The molecular formula is C12H20N2O4S3. The van der Waals surface area contributed by atoms with Crippen molar-refractivity contribution >= 4 is 31.2 Å². The molecule has 0 fully saturated rings. The van der Waals surface area contributed by atoms with Gasteiger partial charge in [0.25, 0.3) is 0 Å². The van der Waals surface area contributed by atoms with E-state index in [4.69, 9.17) is 5.14 Å². The zero-order chi connectivity index (χ0) is 16.0. The maximum atomic E-state index is 12.4. The van der Waals surface area contributed by atoms with E-state index in [1.807, 2.05) is 0 Å². The van der Waals surface area contributed by atoms with E-state index in [2.05, 4.69) is 19.2 Å². The second-order valence-electron chi connectivity index (χ2n) is 5.78. The van der Waals surface area contributed by atoms with Gasteiger partial charge in [-0.3, -0.25) is 0 Å². The molecule has 0 bridgehead atoms. The molecule has 3 N–H and O–H groups in total. The van der Waals surface area contributed by atoms with E-state index in [0.717, 1.165) is 17.9 Å². The number of nitrogens with two attached hydrogens (primary N) is 1. The zero-order valence-electron chi connectivity index (χ0n) is 12.2. The first-order chi connectivity index (χ1) is 9.53. The minimum absolute atomic E-state index is 0.0958. The summed E-state index contributed by atoms with van der Waals surface area (Å²) in [4.78, 5) is 0.661. The van der Waals surface area contributed by atoms with Gasteiger partial charge in [0, 0.05) is 10.9 Å². The van der Waals surface area contributed by atoms with Gasteiger partial charge in [0.1, 0.15) is 4.21 Å². The Balaban J connectivity index is 2.51. The second-order valence-corrected chi connectivity index (χ2v) is 11.0. The molecular weight excluding hydrogens is 332 g/mol. The molecule has 0 aromatic carbocycles. The Morgan fingerprint density at radius 1 is 1.48 bits per heavy atom. The van der Waals surface area contributed by atoms with Crippen molar-refractivity contribution in [3.63, 3.8) is 0 Å². The highest BCUT2D eigenvalue weighted by Gasteiger charge is 2.39. The van der Waals surface area contributed by atoms with Crippen LogP contribution in [0.2, 0.25) is 0 Å². The minimum atomic E-state index is -3.89. The van der Waals surface area contributed by atoms with Crippen LogP contribution in [0.4, 0.5) is 0 Å². The van der Waals surface area contributed by atoms with Crippen molar-refractivity contribution in [1.82, 2.24) is 5.32 Å². The molecule has 0 saturated heterocycles. The number of primary sulfonamides is 1. The van der Waals surface area contributed by atoms with Gasteiger partial charge in [0.15, 0.2) is 9.84 Å².